The Morgan fingerprint density at radius 1 is 1.00 bits per heavy atom. The Balaban J connectivity index is 2.07. The third-order valence-electron chi connectivity index (χ3n) is 3.68. The van der Waals surface area contributed by atoms with Gasteiger partial charge in [0.05, 0.1) is 0 Å². The number of nitrogens with one attached hydrogen (secondary N) is 2. The minimum atomic E-state index is -0.755. The molecule has 0 spiro atoms. The maximum absolute atomic E-state index is 12.1. The molecular weight excluding hydrogens is 292 g/mol. The summed E-state index contributed by atoms with van der Waals surface area (Å²) in [6.07, 6.45) is 0.937. The quantitative estimate of drug-likeness (QED) is 0.597. The van der Waals surface area contributed by atoms with Gasteiger partial charge in [-0.25, -0.2) is 0 Å². The Kier molecular flexibility index (Phi) is 5.36. The highest BCUT2D eigenvalue weighted by atomic mass is 16.3. The molecule has 23 heavy (non-hydrogen) atoms. The third-order valence-corrected chi connectivity index (χ3v) is 3.68. The lowest BCUT2D eigenvalue weighted by atomic mass is 9.97. The molecule has 2 rings (SSSR count). The largest absolute Gasteiger partial charge is 0.508 e. The molecule has 2 aromatic carbocycles. The number of carbonyl (C=O) groups is 2. The summed E-state index contributed by atoms with van der Waals surface area (Å²) in [5.74, 6) is -1.11. The summed E-state index contributed by atoms with van der Waals surface area (Å²) >= 11 is 0. The fourth-order valence-corrected chi connectivity index (χ4v) is 2.17. The number of hydrogen-bond acceptors (Lipinski definition) is 3. The highest BCUT2D eigenvalue weighted by molar-refractivity contribution is 6.43. The summed E-state index contributed by atoms with van der Waals surface area (Å²) in [4.78, 5) is 24.0. The van der Waals surface area contributed by atoms with Crippen LogP contribution in [0.25, 0.3) is 0 Å². The molecule has 0 heterocycles. The minimum absolute atomic E-state index is 0.0925. The molecule has 2 aromatic rings. The van der Waals surface area contributed by atoms with E-state index in [4.69, 9.17) is 0 Å². The van der Waals surface area contributed by atoms with Crippen molar-refractivity contribution in [1.82, 2.24) is 0 Å². The Morgan fingerprint density at radius 3 is 2.26 bits per heavy atom. The number of benzene rings is 2. The zero-order chi connectivity index (χ0) is 16.8. The molecule has 0 aliphatic carbocycles. The van der Waals surface area contributed by atoms with Crippen LogP contribution in [0, 0.1) is 0 Å². The van der Waals surface area contributed by atoms with Gasteiger partial charge in [0.15, 0.2) is 0 Å². The zero-order valence-electron chi connectivity index (χ0n) is 13.2. The number of phenolic OH excluding ortho intramolecular Hbond substituents is 1. The van der Waals surface area contributed by atoms with Gasteiger partial charge in [0.25, 0.3) is 0 Å². The molecule has 0 radical (unpaired) electrons. The first-order valence-electron chi connectivity index (χ1n) is 7.51. The summed E-state index contributed by atoms with van der Waals surface area (Å²) < 4.78 is 0. The second kappa shape index (κ2) is 7.45. The van der Waals surface area contributed by atoms with Crippen molar-refractivity contribution in [2.75, 3.05) is 10.6 Å². The van der Waals surface area contributed by atoms with Gasteiger partial charge < -0.3 is 15.7 Å². The van der Waals surface area contributed by atoms with Crippen LogP contribution in [0.3, 0.4) is 0 Å². The van der Waals surface area contributed by atoms with E-state index in [1.54, 1.807) is 6.07 Å². The van der Waals surface area contributed by atoms with E-state index < -0.39 is 11.8 Å². The van der Waals surface area contributed by atoms with Crippen LogP contribution in [0.15, 0.2) is 48.5 Å². The van der Waals surface area contributed by atoms with Gasteiger partial charge in [0.1, 0.15) is 5.75 Å². The highest BCUT2D eigenvalue weighted by Crippen LogP contribution is 2.26. The lowest BCUT2D eigenvalue weighted by Gasteiger charge is -2.15. The summed E-state index contributed by atoms with van der Waals surface area (Å²) in [7, 11) is 0. The van der Waals surface area contributed by atoms with E-state index in [1.165, 1.54) is 24.3 Å². The molecule has 1 atom stereocenters. The Bertz CT molecular complexity index is 696. The summed E-state index contributed by atoms with van der Waals surface area (Å²) in [5.41, 5.74) is 2.09. The lowest BCUT2D eigenvalue weighted by Crippen LogP contribution is -2.29. The van der Waals surface area contributed by atoms with Crippen molar-refractivity contribution < 1.29 is 14.7 Å². The van der Waals surface area contributed by atoms with Crippen LogP contribution >= 0.6 is 0 Å². The molecule has 2 amide bonds. The predicted octanol–water partition coefficient (Wildman–Crippen LogP) is 3.48. The van der Waals surface area contributed by atoms with Crippen molar-refractivity contribution in [3.63, 3.8) is 0 Å². The van der Waals surface area contributed by atoms with Crippen molar-refractivity contribution in [3.8, 4) is 5.75 Å². The zero-order valence-corrected chi connectivity index (χ0v) is 13.2. The van der Waals surface area contributed by atoms with Gasteiger partial charge in [-0.05, 0) is 48.2 Å². The van der Waals surface area contributed by atoms with Crippen molar-refractivity contribution >= 4 is 23.2 Å². The number of amides is 2. The van der Waals surface area contributed by atoms with Gasteiger partial charge in [0.2, 0.25) is 0 Å². The summed E-state index contributed by atoms with van der Waals surface area (Å²) in [6.45, 7) is 4.14. The number of carbonyl (C=O) groups excluding carboxylic acids is 2. The molecule has 0 aliphatic rings. The van der Waals surface area contributed by atoms with Crippen molar-refractivity contribution in [1.29, 1.82) is 0 Å². The van der Waals surface area contributed by atoms with E-state index in [9.17, 15) is 14.7 Å². The van der Waals surface area contributed by atoms with Crippen molar-refractivity contribution in [2.45, 2.75) is 26.2 Å². The molecule has 3 N–H and O–H groups in total. The van der Waals surface area contributed by atoms with E-state index in [0.717, 1.165) is 12.0 Å². The van der Waals surface area contributed by atoms with Crippen LogP contribution in [0.5, 0.6) is 5.75 Å². The number of rotatable bonds is 4. The third kappa shape index (κ3) is 4.32. The van der Waals surface area contributed by atoms with E-state index in [0.29, 0.717) is 11.4 Å². The van der Waals surface area contributed by atoms with Gasteiger partial charge in [0, 0.05) is 11.4 Å². The first-order chi connectivity index (χ1) is 11.0. The molecule has 0 aliphatic heterocycles. The molecule has 5 nitrogen and oxygen atoms in total. The van der Waals surface area contributed by atoms with E-state index in [2.05, 4.69) is 24.5 Å². The molecule has 120 valence electrons. The second-order valence-electron chi connectivity index (χ2n) is 5.35. The fraction of sp³-hybridized carbons (Fsp3) is 0.222. The highest BCUT2D eigenvalue weighted by Gasteiger charge is 2.17. The van der Waals surface area contributed by atoms with Crippen LogP contribution in [-0.2, 0) is 9.59 Å². The number of hydrogen-bond donors (Lipinski definition) is 3. The van der Waals surface area contributed by atoms with Gasteiger partial charge in [-0.2, -0.15) is 0 Å². The average molecular weight is 312 g/mol. The average Bonchev–Trinajstić information content (AvgIpc) is 2.56. The van der Waals surface area contributed by atoms with Gasteiger partial charge in [-0.15, -0.1) is 0 Å². The molecule has 0 bridgehead atoms. The number of phenols is 1. The molecular formula is C18H20N2O3. The number of anilines is 2. The van der Waals surface area contributed by atoms with Crippen LogP contribution in [0.2, 0.25) is 0 Å². The first kappa shape index (κ1) is 16.5. The van der Waals surface area contributed by atoms with Crippen LogP contribution in [0.1, 0.15) is 31.7 Å². The minimum Gasteiger partial charge on any atom is -0.508 e. The summed E-state index contributed by atoms with van der Waals surface area (Å²) in [5, 5.41) is 14.4. The van der Waals surface area contributed by atoms with E-state index in [-0.39, 0.29) is 11.7 Å². The molecule has 5 heteroatoms. The van der Waals surface area contributed by atoms with Gasteiger partial charge in [-0.1, -0.05) is 32.0 Å². The molecule has 0 saturated heterocycles. The maximum atomic E-state index is 12.1. The van der Waals surface area contributed by atoms with Crippen LogP contribution < -0.4 is 10.6 Å². The summed E-state index contributed by atoms with van der Waals surface area (Å²) in [6, 6.07) is 13.4. The molecule has 1 unspecified atom stereocenters. The SMILES string of the molecule is CCC(C)c1ccccc1NC(=O)C(=O)Nc1ccc(O)cc1. The van der Waals surface area contributed by atoms with Crippen LogP contribution in [-0.4, -0.2) is 16.9 Å². The maximum Gasteiger partial charge on any atom is 0.314 e. The molecule has 0 fully saturated rings. The number of aromatic hydroxyl groups is 1. The fourth-order valence-electron chi connectivity index (χ4n) is 2.17. The van der Waals surface area contributed by atoms with Crippen molar-refractivity contribution in [2.24, 2.45) is 0 Å². The lowest BCUT2D eigenvalue weighted by molar-refractivity contribution is -0.133. The number of para-hydroxylation sites is 1. The predicted molar refractivity (Wildman–Crippen MR) is 90.5 cm³/mol. The van der Waals surface area contributed by atoms with Gasteiger partial charge >= 0.3 is 11.8 Å². The Labute approximate surface area is 135 Å². The monoisotopic (exact) mass is 312 g/mol. The molecule has 0 saturated carbocycles. The standard InChI is InChI=1S/C18H20N2O3/c1-3-12(2)15-6-4-5-7-16(15)20-18(23)17(22)19-13-8-10-14(21)11-9-13/h4-12,21H,3H2,1-2H3,(H,19,22)(H,20,23). The first-order valence-corrected chi connectivity index (χ1v) is 7.51. The Hall–Kier alpha value is -2.82. The van der Waals surface area contributed by atoms with Gasteiger partial charge in [-0.3, -0.25) is 9.59 Å². The topological polar surface area (TPSA) is 78.4 Å². The second-order valence-corrected chi connectivity index (χ2v) is 5.35. The smallest absolute Gasteiger partial charge is 0.314 e. The normalized spacial score (nSPS) is 11.6. The molecule has 0 aromatic heterocycles. The van der Waals surface area contributed by atoms with Crippen molar-refractivity contribution in [3.05, 3.63) is 54.1 Å². The Morgan fingerprint density at radius 2 is 1.61 bits per heavy atom. The van der Waals surface area contributed by atoms with E-state index >= 15 is 0 Å². The van der Waals surface area contributed by atoms with Crippen LogP contribution in [0.4, 0.5) is 11.4 Å². The van der Waals surface area contributed by atoms with E-state index in [1.807, 2.05) is 18.2 Å².